The lowest BCUT2D eigenvalue weighted by molar-refractivity contribution is 0.581. The van der Waals surface area contributed by atoms with Gasteiger partial charge in [-0.05, 0) is 18.7 Å². The molecule has 0 saturated heterocycles. The summed E-state index contributed by atoms with van der Waals surface area (Å²) in [5, 5.41) is 2.94. The minimum atomic E-state index is -0.431. The third-order valence-corrected chi connectivity index (χ3v) is 1.17. The van der Waals surface area contributed by atoms with Crippen LogP contribution in [0, 0.1) is 5.95 Å². The molecule has 54 valence electrons. The first-order valence-electron chi connectivity index (χ1n) is 3.08. The Balaban J connectivity index is 2.69. The Morgan fingerprint density at radius 3 is 2.90 bits per heavy atom. The number of pyridine rings is 1. The zero-order valence-corrected chi connectivity index (χ0v) is 5.76. The Morgan fingerprint density at radius 2 is 2.40 bits per heavy atom. The Bertz CT molecular complexity index is 195. The second kappa shape index (κ2) is 3.27. The number of hydrogen-bond acceptors (Lipinski definition) is 2. The number of rotatable bonds is 2. The van der Waals surface area contributed by atoms with Crippen LogP contribution in [0.25, 0.3) is 0 Å². The maximum Gasteiger partial charge on any atom is 0.212 e. The highest BCUT2D eigenvalue weighted by Crippen LogP contribution is 1.97. The molecule has 1 rings (SSSR count). The van der Waals surface area contributed by atoms with E-state index in [-0.39, 0.29) is 0 Å². The lowest BCUT2D eigenvalue weighted by atomic mass is 10.3. The van der Waals surface area contributed by atoms with E-state index in [1.54, 1.807) is 6.07 Å². The standard InChI is InChI=1S/C7H9FN2/c1-9-4-6-2-3-7(8)10-5-6/h2-3,5,9H,4H2,1H3. The molecule has 0 fully saturated rings. The summed E-state index contributed by atoms with van der Waals surface area (Å²) in [6.07, 6.45) is 1.52. The molecule has 0 aliphatic heterocycles. The fourth-order valence-electron chi connectivity index (χ4n) is 0.715. The molecule has 0 amide bonds. The Kier molecular flexibility index (Phi) is 2.34. The van der Waals surface area contributed by atoms with E-state index in [0.717, 1.165) is 12.1 Å². The molecule has 0 atom stereocenters. The van der Waals surface area contributed by atoms with E-state index in [0.29, 0.717) is 0 Å². The molecule has 1 N–H and O–H groups in total. The number of aromatic nitrogens is 1. The van der Waals surface area contributed by atoms with Crippen LogP contribution in [0.2, 0.25) is 0 Å². The van der Waals surface area contributed by atoms with Crippen molar-refractivity contribution >= 4 is 0 Å². The van der Waals surface area contributed by atoms with Gasteiger partial charge in [-0.25, -0.2) is 4.98 Å². The normalized spacial score (nSPS) is 9.80. The maximum absolute atomic E-state index is 12.2. The molecule has 0 bridgehead atoms. The molecular formula is C7H9FN2. The second-order valence-corrected chi connectivity index (χ2v) is 2.02. The molecule has 0 saturated carbocycles. The smallest absolute Gasteiger partial charge is 0.212 e. The van der Waals surface area contributed by atoms with Crippen LogP contribution >= 0.6 is 0 Å². The summed E-state index contributed by atoms with van der Waals surface area (Å²) in [5.41, 5.74) is 0.990. The Labute approximate surface area is 59.1 Å². The average molecular weight is 140 g/mol. The molecule has 1 heterocycles. The van der Waals surface area contributed by atoms with Crippen LogP contribution in [0.5, 0.6) is 0 Å². The zero-order chi connectivity index (χ0) is 7.40. The lowest BCUT2D eigenvalue weighted by Gasteiger charge is -1.96. The van der Waals surface area contributed by atoms with Gasteiger partial charge >= 0.3 is 0 Å². The largest absolute Gasteiger partial charge is 0.316 e. The molecule has 2 nitrogen and oxygen atoms in total. The first kappa shape index (κ1) is 7.15. The SMILES string of the molecule is CNCc1ccc(F)nc1. The van der Waals surface area contributed by atoms with Crippen molar-refractivity contribution in [2.75, 3.05) is 7.05 Å². The Morgan fingerprint density at radius 1 is 1.60 bits per heavy atom. The topological polar surface area (TPSA) is 24.9 Å². The quantitative estimate of drug-likeness (QED) is 0.618. The average Bonchev–Trinajstić information content (AvgIpc) is 1.95. The maximum atomic E-state index is 12.2. The van der Waals surface area contributed by atoms with E-state index in [2.05, 4.69) is 10.3 Å². The lowest BCUT2D eigenvalue weighted by Crippen LogP contribution is -2.05. The first-order valence-corrected chi connectivity index (χ1v) is 3.08. The van der Waals surface area contributed by atoms with Crippen molar-refractivity contribution in [3.05, 3.63) is 29.8 Å². The highest BCUT2D eigenvalue weighted by molar-refractivity contribution is 5.08. The van der Waals surface area contributed by atoms with Gasteiger partial charge in [0, 0.05) is 12.7 Å². The van der Waals surface area contributed by atoms with Crippen LogP contribution in [-0.4, -0.2) is 12.0 Å². The number of hydrogen-bond donors (Lipinski definition) is 1. The summed E-state index contributed by atoms with van der Waals surface area (Å²) in [6, 6.07) is 3.06. The van der Waals surface area contributed by atoms with Gasteiger partial charge in [-0.3, -0.25) is 0 Å². The molecule has 0 spiro atoms. The van der Waals surface area contributed by atoms with Crippen LogP contribution < -0.4 is 5.32 Å². The van der Waals surface area contributed by atoms with Gasteiger partial charge in [-0.15, -0.1) is 0 Å². The summed E-state index contributed by atoms with van der Waals surface area (Å²) in [4.78, 5) is 3.49. The summed E-state index contributed by atoms with van der Waals surface area (Å²) in [6.45, 7) is 0.729. The summed E-state index contributed by atoms with van der Waals surface area (Å²) >= 11 is 0. The van der Waals surface area contributed by atoms with E-state index in [1.807, 2.05) is 7.05 Å². The van der Waals surface area contributed by atoms with E-state index < -0.39 is 5.95 Å². The van der Waals surface area contributed by atoms with Gasteiger partial charge in [-0.1, -0.05) is 6.07 Å². The fraction of sp³-hybridized carbons (Fsp3) is 0.286. The van der Waals surface area contributed by atoms with Crippen LogP contribution in [0.15, 0.2) is 18.3 Å². The zero-order valence-electron chi connectivity index (χ0n) is 5.76. The minimum Gasteiger partial charge on any atom is -0.316 e. The summed E-state index contributed by atoms with van der Waals surface area (Å²) in [5.74, 6) is -0.431. The molecule has 3 heteroatoms. The van der Waals surface area contributed by atoms with Crippen molar-refractivity contribution in [2.45, 2.75) is 6.54 Å². The van der Waals surface area contributed by atoms with Crippen molar-refractivity contribution in [1.82, 2.24) is 10.3 Å². The van der Waals surface area contributed by atoms with Crippen molar-refractivity contribution in [3.8, 4) is 0 Å². The highest BCUT2D eigenvalue weighted by Gasteiger charge is 1.91. The molecule has 0 aliphatic carbocycles. The van der Waals surface area contributed by atoms with Gasteiger partial charge in [-0.2, -0.15) is 4.39 Å². The van der Waals surface area contributed by atoms with Gasteiger partial charge in [0.05, 0.1) is 0 Å². The number of halogens is 1. The predicted octanol–water partition coefficient (Wildman–Crippen LogP) is 0.940. The van der Waals surface area contributed by atoms with Crippen LogP contribution in [0.4, 0.5) is 4.39 Å². The summed E-state index contributed by atoms with van der Waals surface area (Å²) < 4.78 is 12.2. The molecule has 0 aliphatic rings. The minimum absolute atomic E-state index is 0.431. The molecule has 10 heavy (non-hydrogen) atoms. The summed E-state index contributed by atoms with van der Waals surface area (Å²) in [7, 11) is 1.84. The molecule has 0 radical (unpaired) electrons. The molecule has 1 aromatic heterocycles. The van der Waals surface area contributed by atoms with Crippen LogP contribution in [-0.2, 0) is 6.54 Å². The van der Waals surface area contributed by atoms with Gasteiger partial charge in [0.25, 0.3) is 0 Å². The van der Waals surface area contributed by atoms with Crippen molar-refractivity contribution < 1.29 is 4.39 Å². The monoisotopic (exact) mass is 140 g/mol. The fourth-order valence-corrected chi connectivity index (χ4v) is 0.715. The number of nitrogens with one attached hydrogen (secondary N) is 1. The number of nitrogens with zero attached hydrogens (tertiary/aromatic N) is 1. The third kappa shape index (κ3) is 1.77. The first-order chi connectivity index (χ1) is 4.83. The van der Waals surface area contributed by atoms with E-state index in [1.165, 1.54) is 12.3 Å². The van der Waals surface area contributed by atoms with Crippen LogP contribution in [0.3, 0.4) is 0 Å². The van der Waals surface area contributed by atoms with Crippen molar-refractivity contribution in [3.63, 3.8) is 0 Å². The van der Waals surface area contributed by atoms with E-state index in [9.17, 15) is 4.39 Å². The van der Waals surface area contributed by atoms with Gasteiger partial charge < -0.3 is 5.32 Å². The second-order valence-electron chi connectivity index (χ2n) is 2.02. The van der Waals surface area contributed by atoms with Gasteiger partial charge in [0.15, 0.2) is 0 Å². The van der Waals surface area contributed by atoms with Gasteiger partial charge in [0.1, 0.15) is 0 Å². The van der Waals surface area contributed by atoms with Crippen molar-refractivity contribution in [1.29, 1.82) is 0 Å². The van der Waals surface area contributed by atoms with Gasteiger partial charge in [0.2, 0.25) is 5.95 Å². The van der Waals surface area contributed by atoms with Crippen LogP contribution in [0.1, 0.15) is 5.56 Å². The molecule has 0 unspecified atom stereocenters. The molecule has 0 aromatic carbocycles. The molecular weight excluding hydrogens is 131 g/mol. The van der Waals surface area contributed by atoms with E-state index >= 15 is 0 Å². The van der Waals surface area contributed by atoms with E-state index in [4.69, 9.17) is 0 Å². The predicted molar refractivity (Wildman–Crippen MR) is 37.0 cm³/mol. The highest BCUT2D eigenvalue weighted by atomic mass is 19.1. The third-order valence-electron chi connectivity index (χ3n) is 1.17. The molecule has 1 aromatic rings. The van der Waals surface area contributed by atoms with Crippen molar-refractivity contribution in [2.24, 2.45) is 0 Å². The Hall–Kier alpha value is -0.960.